The Morgan fingerprint density at radius 2 is 2.05 bits per heavy atom. The predicted molar refractivity (Wildman–Crippen MR) is 83.1 cm³/mol. The summed E-state index contributed by atoms with van der Waals surface area (Å²) >= 11 is 1.57. The van der Waals surface area contributed by atoms with Crippen molar-refractivity contribution in [3.8, 4) is 0 Å². The number of thiophene rings is 1. The number of hydrogen-bond acceptors (Lipinski definition) is 7. The lowest BCUT2D eigenvalue weighted by Gasteiger charge is -2.06. The Bertz CT molecular complexity index is 761. The van der Waals surface area contributed by atoms with Crippen molar-refractivity contribution in [3.05, 3.63) is 28.9 Å². The van der Waals surface area contributed by atoms with Crippen LogP contribution in [0.5, 0.6) is 0 Å². The molecule has 0 aromatic carbocycles. The molecule has 3 N–H and O–H groups in total. The number of nitrogens with two attached hydrogens (primary N) is 1. The van der Waals surface area contributed by atoms with E-state index in [1.807, 2.05) is 23.1 Å². The van der Waals surface area contributed by atoms with Gasteiger partial charge in [-0.3, -0.25) is 0 Å². The summed E-state index contributed by atoms with van der Waals surface area (Å²) in [5.74, 6) is 8.67. The van der Waals surface area contributed by atoms with Crippen LogP contribution < -0.4 is 11.3 Å². The number of nitrogens with one attached hydrogen (secondary N) is 1. The molecule has 21 heavy (non-hydrogen) atoms. The third-order valence-corrected chi connectivity index (χ3v) is 4.03. The summed E-state index contributed by atoms with van der Waals surface area (Å²) in [4.78, 5) is 14.5. The molecule has 0 amide bonds. The first-order valence-electron chi connectivity index (χ1n) is 6.88. The van der Waals surface area contributed by atoms with Gasteiger partial charge >= 0.3 is 0 Å². The molecule has 0 unspecified atom stereocenters. The van der Waals surface area contributed by atoms with Gasteiger partial charge in [0.15, 0.2) is 17.5 Å². The first kappa shape index (κ1) is 13.9. The van der Waals surface area contributed by atoms with Crippen molar-refractivity contribution in [1.82, 2.24) is 24.7 Å². The SMILES string of the molecule is CCc1nc(CC)n(Cc2nc(NN)c3ccsc3n2)n1. The Hall–Kier alpha value is -2.06. The van der Waals surface area contributed by atoms with Gasteiger partial charge in [0.05, 0.1) is 5.39 Å². The molecular weight excluding hydrogens is 286 g/mol. The minimum absolute atomic E-state index is 0.499. The molecule has 3 rings (SSSR count). The number of nitrogens with zero attached hydrogens (tertiary/aromatic N) is 5. The molecule has 0 aliphatic rings. The molecule has 0 saturated heterocycles. The van der Waals surface area contributed by atoms with Gasteiger partial charge in [0.2, 0.25) is 0 Å². The number of hydrogen-bond donors (Lipinski definition) is 2. The van der Waals surface area contributed by atoms with Crippen molar-refractivity contribution in [1.29, 1.82) is 0 Å². The first-order chi connectivity index (χ1) is 10.2. The second-order valence-electron chi connectivity index (χ2n) is 4.58. The summed E-state index contributed by atoms with van der Waals surface area (Å²) in [6.45, 7) is 4.61. The third kappa shape index (κ3) is 2.59. The Kier molecular flexibility index (Phi) is 3.80. The molecule has 0 aliphatic heterocycles. The largest absolute Gasteiger partial charge is 0.308 e. The summed E-state index contributed by atoms with van der Waals surface area (Å²) in [5, 5.41) is 7.41. The Labute approximate surface area is 126 Å². The minimum atomic E-state index is 0.499. The number of anilines is 1. The number of fused-ring (bicyclic) bond motifs is 1. The topological polar surface area (TPSA) is 94.5 Å². The molecule has 0 radical (unpaired) electrons. The molecule has 7 nitrogen and oxygen atoms in total. The highest BCUT2D eigenvalue weighted by Gasteiger charge is 2.12. The second kappa shape index (κ2) is 5.74. The van der Waals surface area contributed by atoms with Crippen molar-refractivity contribution >= 4 is 27.4 Å². The number of rotatable bonds is 5. The Morgan fingerprint density at radius 1 is 1.19 bits per heavy atom. The Balaban J connectivity index is 1.99. The maximum Gasteiger partial charge on any atom is 0.154 e. The summed E-state index contributed by atoms with van der Waals surface area (Å²) in [7, 11) is 0. The quantitative estimate of drug-likeness (QED) is 0.551. The minimum Gasteiger partial charge on any atom is -0.308 e. The molecule has 8 heteroatoms. The lowest BCUT2D eigenvalue weighted by atomic mass is 10.3. The van der Waals surface area contributed by atoms with Gasteiger partial charge in [0.25, 0.3) is 0 Å². The van der Waals surface area contributed by atoms with Gasteiger partial charge in [-0.05, 0) is 11.4 Å². The van der Waals surface area contributed by atoms with Crippen molar-refractivity contribution in [2.24, 2.45) is 5.84 Å². The molecule has 0 spiro atoms. The molecule has 0 saturated carbocycles. The van der Waals surface area contributed by atoms with Gasteiger partial charge in [0.1, 0.15) is 17.2 Å². The van der Waals surface area contributed by atoms with Crippen LogP contribution in [0.3, 0.4) is 0 Å². The fraction of sp³-hybridized carbons (Fsp3) is 0.385. The van der Waals surface area contributed by atoms with E-state index in [0.717, 1.165) is 34.7 Å². The fourth-order valence-electron chi connectivity index (χ4n) is 2.18. The highest BCUT2D eigenvalue weighted by molar-refractivity contribution is 7.16. The van der Waals surface area contributed by atoms with E-state index in [4.69, 9.17) is 5.84 Å². The summed E-state index contributed by atoms with van der Waals surface area (Å²) in [6.07, 6.45) is 1.65. The van der Waals surface area contributed by atoms with Gasteiger partial charge in [0, 0.05) is 12.8 Å². The highest BCUT2D eigenvalue weighted by atomic mass is 32.1. The maximum absolute atomic E-state index is 5.55. The van der Waals surface area contributed by atoms with E-state index >= 15 is 0 Å². The zero-order chi connectivity index (χ0) is 14.8. The molecular formula is C13H17N7S. The summed E-state index contributed by atoms with van der Waals surface area (Å²) in [6, 6.07) is 1.96. The number of aromatic nitrogens is 5. The average Bonchev–Trinajstić information content (AvgIpc) is 3.12. The molecule has 0 aliphatic carbocycles. The standard InChI is InChI=1S/C13H17N7S/c1-3-9-15-11(4-2)20(19-9)7-10-16-12(18-14)8-5-6-21-13(8)17-10/h5-6H,3-4,7,14H2,1-2H3,(H,16,17,18). The van der Waals surface area contributed by atoms with Crippen molar-refractivity contribution < 1.29 is 0 Å². The second-order valence-corrected chi connectivity index (χ2v) is 5.48. The lowest BCUT2D eigenvalue weighted by molar-refractivity contribution is 0.616. The van der Waals surface area contributed by atoms with E-state index in [1.165, 1.54) is 0 Å². The maximum atomic E-state index is 5.55. The van der Waals surface area contributed by atoms with Crippen LogP contribution in [-0.2, 0) is 19.4 Å². The molecule has 0 bridgehead atoms. The van der Waals surface area contributed by atoms with E-state index in [0.29, 0.717) is 18.2 Å². The molecule has 0 fully saturated rings. The van der Waals surface area contributed by atoms with E-state index in [2.05, 4.69) is 32.4 Å². The van der Waals surface area contributed by atoms with E-state index in [9.17, 15) is 0 Å². The van der Waals surface area contributed by atoms with Crippen LogP contribution in [-0.4, -0.2) is 24.7 Å². The van der Waals surface area contributed by atoms with Gasteiger partial charge < -0.3 is 5.43 Å². The predicted octanol–water partition coefficient (Wildman–Crippen LogP) is 1.74. The first-order valence-corrected chi connectivity index (χ1v) is 7.76. The van der Waals surface area contributed by atoms with Gasteiger partial charge in [-0.25, -0.2) is 25.5 Å². The average molecular weight is 303 g/mol. The molecule has 3 aromatic heterocycles. The molecule has 3 aromatic rings. The monoisotopic (exact) mass is 303 g/mol. The smallest absolute Gasteiger partial charge is 0.154 e. The van der Waals surface area contributed by atoms with E-state index < -0.39 is 0 Å². The van der Waals surface area contributed by atoms with Crippen LogP contribution in [0.25, 0.3) is 10.2 Å². The van der Waals surface area contributed by atoms with Crippen LogP contribution in [0.4, 0.5) is 5.82 Å². The molecule has 110 valence electrons. The normalized spacial score (nSPS) is 11.2. The fourth-order valence-corrected chi connectivity index (χ4v) is 2.96. The highest BCUT2D eigenvalue weighted by Crippen LogP contribution is 2.24. The van der Waals surface area contributed by atoms with E-state index in [1.54, 1.807) is 11.3 Å². The van der Waals surface area contributed by atoms with Crippen LogP contribution in [0.15, 0.2) is 11.4 Å². The van der Waals surface area contributed by atoms with Crippen LogP contribution in [0, 0.1) is 0 Å². The third-order valence-electron chi connectivity index (χ3n) is 3.22. The molecule has 0 atom stereocenters. The van der Waals surface area contributed by atoms with Gasteiger partial charge in [-0.15, -0.1) is 11.3 Å². The number of hydrazine groups is 1. The zero-order valence-electron chi connectivity index (χ0n) is 12.0. The van der Waals surface area contributed by atoms with Crippen LogP contribution in [0.2, 0.25) is 0 Å². The summed E-state index contributed by atoms with van der Waals surface area (Å²) < 4.78 is 1.87. The number of aryl methyl sites for hydroxylation is 2. The van der Waals surface area contributed by atoms with E-state index in [-0.39, 0.29) is 0 Å². The lowest BCUT2D eigenvalue weighted by Crippen LogP contribution is -2.13. The van der Waals surface area contributed by atoms with Crippen LogP contribution >= 0.6 is 11.3 Å². The van der Waals surface area contributed by atoms with Gasteiger partial charge in [-0.1, -0.05) is 13.8 Å². The number of nitrogen functional groups attached to an aromatic ring is 1. The van der Waals surface area contributed by atoms with Crippen molar-refractivity contribution in [2.75, 3.05) is 5.43 Å². The molecule has 3 heterocycles. The van der Waals surface area contributed by atoms with Crippen LogP contribution in [0.1, 0.15) is 31.3 Å². The van der Waals surface area contributed by atoms with Gasteiger partial charge in [-0.2, -0.15) is 5.10 Å². The Morgan fingerprint density at radius 3 is 2.76 bits per heavy atom. The van der Waals surface area contributed by atoms with Crippen molar-refractivity contribution in [2.45, 2.75) is 33.2 Å². The van der Waals surface area contributed by atoms with Crippen molar-refractivity contribution in [3.63, 3.8) is 0 Å². The zero-order valence-corrected chi connectivity index (χ0v) is 12.8. The summed E-state index contributed by atoms with van der Waals surface area (Å²) in [5.41, 5.74) is 2.64.